The van der Waals surface area contributed by atoms with Crippen molar-refractivity contribution in [2.45, 2.75) is 44.3 Å². The van der Waals surface area contributed by atoms with Gasteiger partial charge in [-0.3, -0.25) is 34.7 Å². The number of hydrogen-bond donors (Lipinski definition) is 1. The molecule has 0 saturated carbocycles. The first-order valence-electron chi connectivity index (χ1n) is 11.1. The second kappa shape index (κ2) is 12.1. The third kappa shape index (κ3) is 6.85. The number of hydrogen-bond acceptors (Lipinski definition) is 8. The van der Waals surface area contributed by atoms with Gasteiger partial charge in [0.1, 0.15) is 10.9 Å². The Morgan fingerprint density at radius 3 is 2.43 bits per heavy atom. The second-order valence-electron chi connectivity index (χ2n) is 7.85. The summed E-state index contributed by atoms with van der Waals surface area (Å²) in [7, 11) is 0. The Morgan fingerprint density at radius 1 is 1.06 bits per heavy atom. The fraction of sp³-hybridized carbons (Fsp3) is 0.348. The number of nitrogens with one attached hydrogen (secondary N) is 1. The average molecular weight is 500 g/mol. The molecule has 1 heterocycles. The number of thioether (sulfide) groups is 1. The molecular formula is C23H25N5O6S. The molecule has 2 amide bonds. The van der Waals surface area contributed by atoms with Crippen molar-refractivity contribution < 1.29 is 19.4 Å². The summed E-state index contributed by atoms with van der Waals surface area (Å²) in [6.07, 6.45) is 3.61. The number of unbranched alkanes of at least 4 members (excludes halogenated alkanes) is 3. The molecule has 2 aromatic carbocycles. The number of nitro groups is 2. The molecule has 1 aliphatic rings. The number of anilines is 1. The SMILES string of the molecule is CCCCCCN1C(=O)[C@H](CC(=O)Nc2ccccc2[N+](=O)[O-])SC1=Nc1ccc([N+](=O)[O-])cc1. The van der Waals surface area contributed by atoms with Gasteiger partial charge in [0, 0.05) is 31.2 Å². The first kappa shape index (κ1) is 25.8. The fourth-order valence-electron chi connectivity index (χ4n) is 3.50. The van der Waals surface area contributed by atoms with Crippen molar-refractivity contribution in [3.8, 4) is 0 Å². The van der Waals surface area contributed by atoms with Gasteiger partial charge in [0.25, 0.3) is 11.4 Å². The van der Waals surface area contributed by atoms with Crippen LogP contribution in [0.2, 0.25) is 0 Å². The largest absolute Gasteiger partial charge is 0.320 e. The van der Waals surface area contributed by atoms with E-state index in [1.165, 1.54) is 42.5 Å². The van der Waals surface area contributed by atoms with E-state index < -0.39 is 21.0 Å². The normalized spacial score (nSPS) is 16.5. The van der Waals surface area contributed by atoms with Crippen LogP contribution in [0.25, 0.3) is 0 Å². The summed E-state index contributed by atoms with van der Waals surface area (Å²) < 4.78 is 0. The number of non-ortho nitro benzene ring substituents is 1. The molecule has 0 radical (unpaired) electrons. The van der Waals surface area contributed by atoms with Crippen molar-refractivity contribution in [1.82, 2.24) is 4.90 Å². The predicted octanol–water partition coefficient (Wildman–Crippen LogP) is 5.04. The zero-order valence-corrected chi connectivity index (χ0v) is 19.9. The third-order valence-electron chi connectivity index (χ3n) is 5.29. The number of rotatable bonds is 11. The maximum atomic E-state index is 13.1. The number of para-hydroxylation sites is 2. The Morgan fingerprint density at radius 2 is 1.77 bits per heavy atom. The molecule has 1 atom stereocenters. The lowest BCUT2D eigenvalue weighted by Gasteiger charge is -2.16. The van der Waals surface area contributed by atoms with E-state index in [9.17, 15) is 29.8 Å². The topological polar surface area (TPSA) is 148 Å². The third-order valence-corrected chi connectivity index (χ3v) is 6.46. The number of nitrogens with zero attached hydrogens (tertiary/aromatic N) is 4. The maximum Gasteiger partial charge on any atom is 0.292 e. The minimum atomic E-state index is -0.735. The van der Waals surface area contributed by atoms with E-state index in [-0.39, 0.29) is 29.4 Å². The molecule has 3 rings (SSSR count). The van der Waals surface area contributed by atoms with E-state index in [0.717, 1.165) is 37.4 Å². The first-order valence-corrected chi connectivity index (χ1v) is 12.0. The summed E-state index contributed by atoms with van der Waals surface area (Å²) >= 11 is 1.14. The molecule has 0 aromatic heterocycles. The maximum absolute atomic E-state index is 13.1. The molecule has 11 nitrogen and oxygen atoms in total. The molecule has 1 fully saturated rings. The number of aliphatic imine (C=N–C) groups is 1. The number of nitro benzene ring substituents is 2. The Labute approximate surface area is 205 Å². The smallest absolute Gasteiger partial charge is 0.292 e. The predicted molar refractivity (Wildman–Crippen MR) is 134 cm³/mol. The van der Waals surface area contributed by atoms with Crippen LogP contribution in [0.4, 0.5) is 22.7 Å². The van der Waals surface area contributed by atoms with Crippen LogP contribution in [0.3, 0.4) is 0 Å². The quantitative estimate of drug-likeness (QED) is 0.258. The molecule has 2 aromatic rings. The van der Waals surface area contributed by atoms with E-state index in [4.69, 9.17) is 0 Å². The number of amides is 2. The highest BCUT2D eigenvalue weighted by molar-refractivity contribution is 8.15. The van der Waals surface area contributed by atoms with Crippen LogP contribution in [0.15, 0.2) is 53.5 Å². The molecule has 1 aliphatic heterocycles. The van der Waals surface area contributed by atoms with Crippen LogP contribution in [0.5, 0.6) is 0 Å². The van der Waals surface area contributed by atoms with Crippen LogP contribution in [-0.2, 0) is 9.59 Å². The molecule has 184 valence electrons. The molecule has 0 aliphatic carbocycles. The molecular weight excluding hydrogens is 474 g/mol. The van der Waals surface area contributed by atoms with Gasteiger partial charge < -0.3 is 5.32 Å². The molecule has 0 unspecified atom stereocenters. The highest BCUT2D eigenvalue weighted by Crippen LogP contribution is 2.33. The first-order chi connectivity index (χ1) is 16.8. The summed E-state index contributed by atoms with van der Waals surface area (Å²) in [5.74, 6) is -0.780. The van der Waals surface area contributed by atoms with E-state index >= 15 is 0 Å². The average Bonchev–Trinajstić information content (AvgIpc) is 3.11. The lowest BCUT2D eigenvalue weighted by atomic mass is 10.2. The minimum absolute atomic E-state index is 0.0640. The van der Waals surface area contributed by atoms with Crippen molar-refractivity contribution in [3.63, 3.8) is 0 Å². The lowest BCUT2D eigenvalue weighted by Crippen LogP contribution is -2.34. The van der Waals surface area contributed by atoms with Crippen molar-refractivity contribution in [3.05, 3.63) is 68.8 Å². The van der Waals surface area contributed by atoms with Crippen LogP contribution < -0.4 is 5.32 Å². The molecule has 35 heavy (non-hydrogen) atoms. The van der Waals surface area contributed by atoms with Crippen LogP contribution in [-0.4, -0.2) is 43.5 Å². The van der Waals surface area contributed by atoms with Gasteiger partial charge in [-0.1, -0.05) is 50.1 Å². The van der Waals surface area contributed by atoms with Gasteiger partial charge in [-0.25, -0.2) is 4.99 Å². The van der Waals surface area contributed by atoms with Gasteiger partial charge in [0.2, 0.25) is 11.8 Å². The molecule has 0 bridgehead atoms. The zero-order chi connectivity index (χ0) is 25.4. The number of benzene rings is 2. The van der Waals surface area contributed by atoms with Gasteiger partial charge in [0.15, 0.2) is 5.17 Å². The van der Waals surface area contributed by atoms with Gasteiger partial charge in [0.05, 0.1) is 15.5 Å². The number of amidine groups is 1. The van der Waals surface area contributed by atoms with Crippen molar-refractivity contribution in [1.29, 1.82) is 0 Å². The second-order valence-corrected chi connectivity index (χ2v) is 9.02. The molecule has 0 spiro atoms. The Balaban J connectivity index is 1.76. The number of carbonyl (C=O) groups excluding carboxylic acids is 2. The van der Waals surface area contributed by atoms with E-state index in [1.807, 2.05) is 0 Å². The molecule has 1 saturated heterocycles. The van der Waals surface area contributed by atoms with Gasteiger partial charge >= 0.3 is 0 Å². The van der Waals surface area contributed by atoms with Crippen molar-refractivity contribution in [2.24, 2.45) is 4.99 Å². The van der Waals surface area contributed by atoms with Crippen LogP contribution in [0, 0.1) is 20.2 Å². The summed E-state index contributed by atoms with van der Waals surface area (Å²) in [4.78, 5) is 52.8. The van der Waals surface area contributed by atoms with Crippen molar-refractivity contribution >= 4 is 51.5 Å². The molecule has 12 heteroatoms. The van der Waals surface area contributed by atoms with Gasteiger partial charge in [-0.15, -0.1) is 0 Å². The number of carbonyl (C=O) groups is 2. The van der Waals surface area contributed by atoms with Gasteiger partial charge in [-0.05, 0) is 24.6 Å². The van der Waals surface area contributed by atoms with Crippen LogP contribution >= 0.6 is 11.8 Å². The Hall–Kier alpha value is -3.80. The summed E-state index contributed by atoms with van der Waals surface area (Å²) in [6, 6.07) is 11.5. The standard InChI is InChI=1S/C23H25N5O6S/c1-2-3-4-7-14-26-22(30)20(15-21(29)25-18-8-5-6-9-19(18)28(33)34)35-23(26)24-16-10-12-17(13-11-16)27(31)32/h5-6,8-13,20H,2-4,7,14-15H2,1H3,(H,25,29)/t20-/m0/s1. The lowest BCUT2D eigenvalue weighted by molar-refractivity contribution is -0.384. The summed E-state index contributed by atoms with van der Waals surface area (Å²) in [5.41, 5.74) is 0.220. The molecule has 1 N–H and O–H groups in total. The Kier molecular flexibility index (Phi) is 8.90. The van der Waals surface area contributed by atoms with Crippen LogP contribution in [0.1, 0.15) is 39.0 Å². The van der Waals surface area contributed by atoms with E-state index in [0.29, 0.717) is 17.4 Å². The van der Waals surface area contributed by atoms with Gasteiger partial charge in [-0.2, -0.15) is 0 Å². The minimum Gasteiger partial charge on any atom is -0.320 e. The summed E-state index contributed by atoms with van der Waals surface area (Å²) in [6.45, 7) is 2.53. The highest BCUT2D eigenvalue weighted by Gasteiger charge is 2.39. The zero-order valence-electron chi connectivity index (χ0n) is 19.1. The monoisotopic (exact) mass is 499 g/mol. The fourth-order valence-corrected chi connectivity index (χ4v) is 4.68. The Bertz CT molecular complexity index is 1140. The highest BCUT2D eigenvalue weighted by atomic mass is 32.2. The van der Waals surface area contributed by atoms with E-state index in [1.54, 1.807) is 11.0 Å². The van der Waals surface area contributed by atoms with E-state index in [2.05, 4.69) is 17.2 Å². The summed E-state index contributed by atoms with van der Waals surface area (Å²) in [5, 5.41) is 24.3. The van der Waals surface area contributed by atoms with Crippen molar-refractivity contribution in [2.75, 3.05) is 11.9 Å².